The van der Waals surface area contributed by atoms with Crippen LogP contribution in [0.15, 0.2) is 23.0 Å². The maximum atomic E-state index is 13.1. The van der Waals surface area contributed by atoms with E-state index in [1.165, 1.54) is 6.42 Å². The summed E-state index contributed by atoms with van der Waals surface area (Å²) in [6.45, 7) is 3.86. The van der Waals surface area contributed by atoms with E-state index >= 15 is 0 Å². The van der Waals surface area contributed by atoms with E-state index in [4.69, 9.17) is 17.0 Å². The van der Waals surface area contributed by atoms with Crippen LogP contribution < -0.4 is 5.56 Å². The number of fused-ring (bicyclic) bond motifs is 1. The first-order valence-electron chi connectivity index (χ1n) is 11.0. The average Bonchev–Trinajstić information content (AvgIpc) is 2.79. The molecule has 1 aliphatic carbocycles. The molecule has 0 spiro atoms. The van der Waals surface area contributed by atoms with Crippen LogP contribution in [0.1, 0.15) is 55.4 Å². The normalized spacial score (nSPS) is 17.7. The van der Waals surface area contributed by atoms with Crippen LogP contribution in [0.3, 0.4) is 0 Å². The Bertz CT molecular complexity index is 1090. The number of benzene rings is 1. The van der Waals surface area contributed by atoms with Crippen LogP contribution in [-0.4, -0.2) is 64.1 Å². The lowest BCUT2D eigenvalue weighted by atomic mass is 9.95. The molecule has 2 amide bonds. The van der Waals surface area contributed by atoms with Gasteiger partial charge >= 0.3 is 6.09 Å². The third-order valence-corrected chi connectivity index (χ3v) is 6.51. The summed E-state index contributed by atoms with van der Waals surface area (Å²) in [5.74, 6) is -0.124. The molecule has 0 radical (unpaired) electrons. The number of aromatic amines is 1. The highest BCUT2D eigenvalue weighted by atomic mass is 32.1. The van der Waals surface area contributed by atoms with Crippen LogP contribution in [0, 0.1) is 4.77 Å². The van der Waals surface area contributed by atoms with Crippen molar-refractivity contribution in [3.63, 3.8) is 0 Å². The Kier molecular flexibility index (Phi) is 6.41. The summed E-state index contributed by atoms with van der Waals surface area (Å²) in [5.41, 5.74) is 0.989. The Morgan fingerprint density at radius 1 is 1.10 bits per heavy atom. The van der Waals surface area contributed by atoms with E-state index in [2.05, 4.69) is 4.98 Å². The topological polar surface area (TPSA) is 87.6 Å². The van der Waals surface area contributed by atoms with Gasteiger partial charge in [-0.15, -0.1) is 0 Å². The summed E-state index contributed by atoms with van der Waals surface area (Å²) in [6, 6.07) is 5.26. The summed E-state index contributed by atoms with van der Waals surface area (Å²) in [4.78, 5) is 44.5. The summed E-state index contributed by atoms with van der Waals surface area (Å²) in [6.07, 6.45) is 5.02. The molecule has 9 heteroatoms. The first-order valence-corrected chi connectivity index (χ1v) is 11.4. The molecule has 1 saturated heterocycles. The van der Waals surface area contributed by atoms with Crippen LogP contribution in [0.25, 0.3) is 10.9 Å². The number of aromatic nitrogens is 2. The molecule has 4 rings (SSSR count). The highest BCUT2D eigenvalue weighted by Gasteiger charge is 2.26. The summed E-state index contributed by atoms with van der Waals surface area (Å²) < 4.78 is 7.15. The lowest BCUT2D eigenvalue weighted by Crippen LogP contribution is -2.50. The number of carbonyl (C=O) groups is 2. The molecule has 1 N–H and O–H groups in total. The van der Waals surface area contributed by atoms with Gasteiger partial charge in [0.15, 0.2) is 4.77 Å². The van der Waals surface area contributed by atoms with Crippen molar-refractivity contribution < 1.29 is 14.3 Å². The van der Waals surface area contributed by atoms with Gasteiger partial charge in [-0.05, 0) is 50.2 Å². The van der Waals surface area contributed by atoms with Gasteiger partial charge in [0, 0.05) is 37.8 Å². The molecular weight excluding hydrogens is 416 g/mol. The van der Waals surface area contributed by atoms with Crippen molar-refractivity contribution in [2.75, 3.05) is 32.8 Å². The zero-order valence-electron chi connectivity index (χ0n) is 17.8. The molecule has 1 aliphatic heterocycles. The minimum Gasteiger partial charge on any atom is -0.450 e. The molecule has 0 unspecified atom stereocenters. The van der Waals surface area contributed by atoms with E-state index in [1.54, 1.807) is 39.5 Å². The molecule has 1 aromatic heterocycles. The van der Waals surface area contributed by atoms with Crippen molar-refractivity contribution in [1.29, 1.82) is 0 Å². The number of rotatable bonds is 3. The van der Waals surface area contributed by atoms with Crippen LogP contribution in [-0.2, 0) is 4.74 Å². The predicted molar refractivity (Wildman–Crippen MR) is 120 cm³/mol. The van der Waals surface area contributed by atoms with Crippen molar-refractivity contribution in [2.45, 2.75) is 45.1 Å². The molecule has 31 heavy (non-hydrogen) atoms. The van der Waals surface area contributed by atoms with Crippen LogP contribution in [0.4, 0.5) is 4.79 Å². The van der Waals surface area contributed by atoms with Crippen molar-refractivity contribution in [2.24, 2.45) is 0 Å². The number of hydrogen-bond acceptors (Lipinski definition) is 5. The van der Waals surface area contributed by atoms with E-state index < -0.39 is 0 Å². The number of carbonyl (C=O) groups excluding carboxylic acids is 2. The maximum Gasteiger partial charge on any atom is 0.409 e. The third kappa shape index (κ3) is 4.37. The van der Waals surface area contributed by atoms with Gasteiger partial charge in [0.05, 0.1) is 17.5 Å². The summed E-state index contributed by atoms with van der Waals surface area (Å²) in [7, 11) is 0. The van der Waals surface area contributed by atoms with Crippen molar-refractivity contribution in [3.05, 3.63) is 38.9 Å². The van der Waals surface area contributed by atoms with Crippen LogP contribution in [0.5, 0.6) is 0 Å². The number of H-pyrrole nitrogens is 1. The van der Waals surface area contributed by atoms with Gasteiger partial charge in [-0.2, -0.15) is 0 Å². The first-order chi connectivity index (χ1) is 15.0. The average molecular weight is 445 g/mol. The highest BCUT2D eigenvalue weighted by Crippen LogP contribution is 2.27. The molecule has 2 fully saturated rings. The third-order valence-electron chi connectivity index (χ3n) is 6.21. The number of nitrogens with one attached hydrogen (secondary N) is 1. The number of amides is 2. The Hall–Kier alpha value is -2.68. The Morgan fingerprint density at radius 3 is 2.45 bits per heavy atom. The van der Waals surface area contributed by atoms with Crippen molar-refractivity contribution in [3.8, 4) is 0 Å². The molecule has 0 atom stereocenters. The zero-order chi connectivity index (χ0) is 22.0. The molecule has 0 bridgehead atoms. The molecule has 2 aromatic rings. The molecule has 8 nitrogen and oxygen atoms in total. The Balaban J connectivity index is 1.54. The minimum absolute atomic E-state index is 0.0901. The quantitative estimate of drug-likeness (QED) is 0.733. The van der Waals surface area contributed by atoms with Crippen molar-refractivity contribution in [1.82, 2.24) is 19.4 Å². The number of hydrogen-bond donors (Lipinski definition) is 1. The van der Waals surface area contributed by atoms with Gasteiger partial charge in [0.25, 0.3) is 11.5 Å². The molecule has 166 valence electrons. The van der Waals surface area contributed by atoms with E-state index in [-0.39, 0.29) is 23.6 Å². The van der Waals surface area contributed by atoms with Gasteiger partial charge in [0.2, 0.25) is 0 Å². The smallest absolute Gasteiger partial charge is 0.409 e. The monoisotopic (exact) mass is 444 g/mol. The fourth-order valence-corrected chi connectivity index (χ4v) is 4.87. The SMILES string of the molecule is CCOC(=O)N1CCN(C(=O)c2ccc3c(=O)n(C4CCCCC4)c(=S)[nH]c3c2)CC1. The molecule has 1 aromatic carbocycles. The lowest BCUT2D eigenvalue weighted by molar-refractivity contribution is 0.0570. The second kappa shape index (κ2) is 9.21. The summed E-state index contributed by atoms with van der Waals surface area (Å²) in [5, 5.41) is 0.544. The lowest BCUT2D eigenvalue weighted by Gasteiger charge is -2.34. The first kappa shape index (κ1) is 21.5. The van der Waals surface area contributed by atoms with Gasteiger partial charge < -0.3 is 19.5 Å². The van der Waals surface area contributed by atoms with E-state index in [1.807, 2.05) is 0 Å². The number of ether oxygens (including phenoxy) is 1. The fourth-order valence-electron chi connectivity index (χ4n) is 4.52. The minimum atomic E-state index is -0.345. The Morgan fingerprint density at radius 2 is 1.77 bits per heavy atom. The zero-order valence-corrected chi connectivity index (χ0v) is 18.6. The van der Waals surface area contributed by atoms with E-state index in [0.717, 1.165) is 25.7 Å². The number of piperazine rings is 1. The second-order valence-corrected chi connectivity index (χ2v) is 8.52. The molecule has 1 saturated carbocycles. The van der Waals surface area contributed by atoms with Gasteiger partial charge in [-0.25, -0.2) is 4.79 Å². The van der Waals surface area contributed by atoms with Crippen LogP contribution >= 0.6 is 12.2 Å². The Labute approximate surface area is 185 Å². The van der Waals surface area contributed by atoms with Gasteiger partial charge in [-0.1, -0.05) is 19.3 Å². The van der Waals surface area contributed by atoms with Gasteiger partial charge in [0.1, 0.15) is 0 Å². The van der Waals surface area contributed by atoms with E-state index in [9.17, 15) is 14.4 Å². The fraction of sp³-hybridized carbons (Fsp3) is 0.545. The molecular formula is C22H28N4O4S. The number of nitrogens with zero attached hydrogens (tertiary/aromatic N) is 3. The van der Waals surface area contributed by atoms with Crippen molar-refractivity contribution >= 4 is 35.1 Å². The highest BCUT2D eigenvalue weighted by molar-refractivity contribution is 7.71. The molecule has 2 aliphatic rings. The van der Waals surface area contributed by atoms with E-state index in [0.29, 0.717) is 54.0 Å². The van der Waals surface area contributed by atoms with Gasteiger partial charge in [-0.3, -0.25) is 14.2 Å². The predicted octanol–water partition coefficient (Wildman–Crippen LogP) is 3.48. The standard InChI is InChI=1S/C22H28N4O4S/c1-2-30-22(29)25-12-10-24(11-13-25)19(27)15-8-9-17-18(14-15)23-21(31)26(20(17)28)16-6-4-3-5-7-16/h8-9,14,16H,2-7,10-13H2,1H3,(H,23,31). The maximum absolute atomic E-state index is 13.1. The molecule has 2 heterocycles. The largest absolute Gasteiger partial charge is 0.450 e. The van der Waals surface area contributed by atoms with Crippen LogP contribution in [0.2, 0.25) is 0 Å². The summed E-state index contributed by atoms with van der Waals surface area (Å²) >= 11 is 5.50. The second-order valence-electron chi connectivity index (χ2n) is 8.14.